The number of methoxy groups -OCH3 is 1. The summed E-state index contributed by atoms with van der Waals surface area (Å²) >= 11 is 0. The lowest BCUT2D eigenvalue weighted by Gasteiger charge is -2.24. The quantitative estimate of drug-likeness (QED) is 0.674. The zero-order valence-electron chi connectivity index (χ0n) is 11.4. The first-order chi connectivity index (χ1) is 8.96. The summed E-state index contributed by atoms with van der Waals surface area (Å²) in [4.78, 5) is 11.9. The Kier molecular flexibility index (Phi) is 5.95. The SMILES string of the molecule is COCCC(C)(O)CNC(=O)[C@@H](N)c1ccccc1. The number of carbonyl (C=O) groups excluding carboxylic acids is 1. The van der Waals surface area contributed by atoms with Crippen molar-refractivity contribution in [1.82, 2.24) is 5.32 Å². The first kappa shape index (κ1) is 15.6. The number of hydrogen-bond donors (Lipinski definition) is 3. The fourth-order valence-electron chi connectivity index (χ4n) is 1.61. The van der Waals surface area contributed by atoms with Gasteiger partial charge in [-0.3, -0.25) is 4.79 Å². The van der Waals surface area contributed by atoms with E-state index in [1.54, 1.807) is 26.2 Å². The van der Waals surface area contributed by atoms with Crippen molar-refractivity contribution in [2.45, 2.75) is 25.0 Å². The second-order valence-electron chi connectivity index (χ2n) is 4.85. The van der Waals surface area contributed by atoms with Gasteiger partial charge >= 0.3 is 0 Å². The van der Waals surface area contributed by atoms with E-state index in [9.17, 15) is 9.90 Å². The molecular weight excluding hydrogens is 244 g/mol. The number of hydrogen-bond acceptors (Lipinski definition) is 4. The third-order valence-electron chi connectivity index (χ3n) is 2.93. The molecule has 0 bridgehead atoms. The Morgan fingerprint density at radius 2 is 2.11 bits per heavy atom. The Balaban J connectivity index is 2.47. The molecule has 2 atom stereocenters. The van der Waals surface area contributed by atoms with Gasteiger partial charge in [0.15, 0.2) is 0 Å². The number of benzene rings is 1. The highest BCUT2D eigenvalue weighted by Crippen LogP contribution is 2.11. The molecular formula is C14H22N2O3. The van der Waals surface area contributed by atoms with E-state index < -0.39 is 11.6 Å². The molecule has 0 aromatic heterocycles. The van der Waals surface area contributed by atoms with Gasteiger partial charge in [0.25, 0.3) is 0 Å². The maximum atomic E-state index is 11.9. The number of aliphatic hydroxyl groups is 1. The van der Waals surface area contributed by atoms with Crippen LogP contribution in [0.1, 0.15) is 24.9 Å². The summed E-state index contributed by atoms with van der Waals surface area (Å²) in [6, 6.07) is 8.40. The van der Waals surface area contributed by atoms with Crippen molar-refractivity contribution in [2.24, 2.45) is 5.73 Å². The molecule has 5 heteroatoms. The van der Waals surface area contributed by atoms with Crippen molar-refractivity contribution >= 4 is 5.91 Å². The molecule has 5 nitrogen and oxygen atoms in total. The van der Waals surface area contributed by atoms with Gasteiger partial charge in [0, 0.05) is 26.7 Å². The molecule has 0 heterocycles. The molecule has 1 amide bonds. The molecule has 1 aromatic rings. The van der Waals surface area contributed by atoms with Crippen molar-refractivity contribution in [3.63, 3.8) is 0 Å². The van der Waals surface area contributed by atoms with E-state index in [-0.39, 0.29) is 12.5 Å². The number of ether oxygens (including phenoxy) is 1. The van der Waals surface area contributed by atoms with E-state index in [0.717, 1.165) is 5.56 Å². The molecule has 4 N–H and O–H groups in total. The van der Waals surface area contributed by atoms with Crippen LogP contribution >= 0.6 is 0 Å². The van der Waals surface area contributed by atoms with Crippen molar-refractivity contribution < 1.29 is 14.6 Å². The molecule has 1 unspecified atom stereocenters. The van der Waals surface area contributed by atoms with Gasteiger partial charge in [-0.2, -0.15) is 0 Å². The Morgan fingerprint density at radius 1 is 1.47 bits per heavy atom. The molecule has 1 aromatic carbocycles. The number of rotatable bonds is 7. The lowest BCUT2D eigenvalue weighted by molar-refractivity contribution is -0.123. The minimum absolute atomic E-state index is 0.149. The molecule has 0 spiro atoms. The predicted octanol–water partition coefficient (Wildman–Crippen LogP) is 0.590. The van der Waals surface area contributed by atoms with Crippen molar-refractivity contribution in [2.75, 3.05) is 20.3 Å². The highest BCUT2D eigenvalue weighted by molar-refractivity contribution is 5.82. The lowest BCUT2D eigenvalue weighted by Crippen LogP contribution is -2.44. The van der Waals surface area contributed by atoms with Crippen LogP contribution in [0.5, 0.6) is 0 Å². The van der Waals surface area contributed by atoms with Gasteiger partial charge < -0.3 is 20.9 Å². The fourth-order valence-corrected chi connectivity index (χ4v) is 1.61. The van der Waals surface area contributed by atoms with E-state index in [0.29, 0.717) is 13.0 Å². The smallest absolute Gasteiger partial charge is 0.241 e. The molecule has 0 radical (unpaired) electrons. The zero-order chi connectivity index (χ0) is 14.3. The van der Waals surface area contributed by atoms with Gasteiger partial charge in [-0.1, -0.05) is 30.3 Å². The highest BCUT2D eigenvalue weighted by Gasteiger charge is 2.23. The van der Waals surface area contributed by atoms with Crippen molar-refractivity contribution in [1.29, 1.82) is 0 Å². The van der Waals surface area contributed by atoms with Gasteiger partial charge in [0.2, 0.25) is 5.91 Å². The third-order valence-corrected chi connectivity index (χ3v) is 2.93. The topological polar surface area (TPSA) is 84.6 Å². The van der Waals surface area contributed by atoms with E-state index in [2.05, 4.69) is 5.32 Å². The largest absolute Gasteiger partial charge is 0.388 e. The number of amides is 1. The lowest BCUT2D eigenvalue weighted by atomic mass is 10.0. The van der Waals surface area contributed by atoms with Crippen LogP contribution in [-0.4, -0.2) is 36.9 Å². The summed E-state index contributed by atoms with van der Waals surface area (Å²) < 4.78 is 4.90. The third kappa shape index (κ3) is 5.38. The summed E-state index contributed by atoms with van der Waals surface area (Å²) in [5.74, 6) is -0.302. The Labute approximate surface area is 113 Å². The average molecular weight is 266 g/mol. The van der Waals surface area contributed by atoms with E-state index >= 15 is 0 Å². The van der Waals surface area contributed by atoms with Gasteiger partial charge in [0.05, 0.1) is 5.60 Å². The van der Waals surface area contributed by atoms with Gasteiger partial charge in [-0.15, -0.1) is 0 Å². The minimum Gasteiger partial charge on any atom is -0.388 e. The maximum absolute atomic E-state index is 11.9. The number of nitrogens with one attached hydrogen (secondary N) is 1. The molecule has 0 aliphatic rings. The molecule has 0 aliphatic carbocycles. The first-order valence-corrected chi connectivity index (χ1v) is 6.26. The molecule has 1 rings (SSSR count). The second kappa shape index (κ2) is 7.23. The monoisotopic (exact) mass is 266 g/mol. The van der Waals surface area contributed by atoms with Crippen LogP contribution in [0.2, 0.25) is 0 Å². The van der Waals surface area contributed by atoms with Crippen molar-refractivity contribution in [3.05, 3.63) is 35.9 Å². The zero-order valence-corrected chi connectivity index (χ0v) is 11.4. The summed E-state index contributed by atoms with van der Waals surface area (Å²) in [7, 11) is 1.57. The summed E-state index contributed by atoms with van der Waals surface area (Å²) in [5, 5.41) is 12.7. The molecule has 106 valence electrons. The maximum Gasteiger partial charge on any atom is 0.241 e. The van der Waals surface area contributed by atoms with Gasteiger partial charge in [0.1, 0.15) is 6.04 Å². The molecule has 0 aliphatic heterocycles. The normalized spacial score (nSPS) is 15.6. The molecule has 0 saturated heterocycles. The van der Waals surface area contributed by atoms with Crippen LogP contribution < -0.4 is 11.1 Å². The highest BCUT2D eigenvalue weighted by atomic mass is 16.5. The fraction of sp³-hybridized carbons (Fsp3) is 0.500. The van der Waals surface area contributed by atoms with Gasteiger partial charge in [-0.25, -0.2) is 0 Å². The Hall–Kier alpha value is -1.43. The van der Waals surface area contributed by atoms with Crippen LogP contribution in [0, 0.1) is 0 Å². The second-order valence-corrected chi connectivity index (χ2v) is 4.85. The van der Waals surface area contributed by atoms with Crippen LogP contribution in [0.3, 0.4) is 0 Å². The minimum atomic E-state index is -0.998. The van der Waals surface area contributed by atoms with E-state index in [1.807, 2.05) is 18.2 Å². The summed E-state index contributed by atoms with van der Waals surface area (Å²) in [5.41, 5.74) is 5.60. The van der Waals surface area contributed by atoms with Crippen LogP contribution in [-0.2, 0) is 9.53 Å². The van der Waals surface area contributed by atoms with Crippen LogP contribution in [0.15, 0.2) is 30.3 Å². The van der Waals surface area contributed by atoms with E-state index in [4.69, 9.17) is 10.5 Å². The Morgan fingerprint density at radius 3 is 2.68 bits per heavy atom. The Bertz CT molecular complexity index is 393. The van der Waals surface area contributed by atoms with Crippen LogP contribution in [0.25, 0.3) is 0 Å². The predicted molar refractivity (Wildman–Crippen MR) is 73.5 cm³/mol. The average Bonchev–Trinajstić information content (AvgIpc) is 2.43. The molecule has 0 saturated carbocycles. The number of carbonyl (C=O) groups is 1. The standard InChI is InChI=1S/C14H22N2O3/c1-14(18,8-9-19-2)10-16-13(17)12(15)11-6-4-3-5-7-11/h3-7,12,18H,8-10,15H2,1-2H3,(H,16,17)/t12-,14?/m0/s1. The van der Waals surface area contributed by atoms with Gasteiger partial charge in [-0.05, 0) is 12.5 Å². The summed E-state index contributed by atoms with van der Waals surface area (Å²) in [6.07, 6.45) is 0.449. The molecule has 19 heavy (non-hydrogen) atoms. The van der Waals surface area contributed by atoms with Crippen molar-refractivity contribution in [3.8, 4) is 0 Å². The summed E-state index contributed by atoms with van der Waals surface area (Å²) in [6.45, 7) is 2.24. The van der Waals surface area contributed by atoms with Crippen LogP contribution in [0.4, 0.5) is 0 Å². The van der Waals surface area contributed by atoms with E-state index in [1.165, 1.54) is 0 Å². The number of nitrogens with two attached hydrogens (primary N) is 1. The first-order valence-electron chi connectivity index (χ1n) is 6.26. The molecule has 0 fully saturated rings.